The van der Waals surface area contributed by atoms with Crippen molar-refractivity contribution in [2.45, 2.75) is 329 Å². The van der Waals surface area contributed by atoms with Crippen molar-refractivity contribution in [1.29, 1.82) is 0 Å². The number of esters is 3. The average molecular weight is 930 g/mol. The minimum Gasteiger partial charge on any atom is -0.462 e. The van der Waals surface area contributed by atoms with Crippen molar-refractivity contribution in [3.63, 3.8) is 0 Å². The van der Waals surface area contributed by atoms with Crippen LogP contribution in [-0.4, -0.2) is 37.2 Å². The van der Waals surface area contributed by atoms with Gasteiger partial charge in [-0.05, 0) is 44.9 Å². The lowest BCUT2D eigenvalue weighted by Gasteiger charge is -2.18. The lowest BCUT2D eigenvalue weighted by atomic mass is 10.0. The molecule has 0 aliphatic rings. The molecule has 388 valence electrons. The van der Waals surface area contributed by atoms with Crippen LogP contribution in [-0.2, 0) is 28.6 Å². The molecule has 0 N–H and O–H groups in total. The first kappa shape index (κ1) is 63.9. The first-order valence-electron chi connectivity index (χ1n) is 29.4. The van der Waals surface area contributed by atoms with Crippen molar-refractivity contribution >= 4 is 17.9 Å². The molecule has 0 heterocycles. The van der Waals surface area contributed by atoms with Gasteiger partial charge >= 0.3 is 17.9 Å². The Hall–Kier alpha value is -2.11. The van der Waals surface area contributed by atoms with Gasteiger partial charge < -0.3 is 14.2 Å². The van der Waals surface area contributed by atoms with Gasteiger partial charge in [-0.2, -0.15) is 0 Å². The molecule has 0 aromatic rings. The van der Waals surface area contributed by atoms with Crippen LogP contribution in [0.5, 0.6) is 0 Å². The van der Waals surface area contributed by atoms with Gasteiger partial charge in [0, 0.05) is 19.3 Å². The van der Waals surface area contributed by atoms with E-state index in [2.05, 4.69) is 45.1 Å². The maximum atomic E-state index is 12.9. The zero-order valence-corrected chi connectivity index (χ0v) is 44.5. The summed E-state index contributed by atoms with van der Waals surface area (Å²) in [6, 6.07) is 0. The summed E-state index contributed by atoms with van der Waals surface area (Å²) < 4.78 is 16.9. The maximum absolute atomic E-state index is 12.9. The second kappa shape index (κ2) is 55.5. The average Bonchev–Trinajstić information content (AvgIpc) is 3.31. The number of hydrogen-bond donors (Lipinski definition) is 0. The molecule has 66 heavy (non-hydrogen) atoms. The molecule has 0 saturated carbocycles. The van der Waals surface area contributed by atoms with Gasteiger partial charge in [-0.25, -0.2) is 0 Å². The number of ether oxygens (including phenoxy) is 3. The SMILES string of the molecule is CCCCCCCCC/C=C\C=C/CCCCCCCC(=O)OCC(COC(=O)CCCCCCCCCCCCCCC)OC(=O)CCCCCCCCCCCCCCCCCCC. The monoisotopic (exact) mass is 929 g/mol. The van der Waals surface area contributed by atoms with Crippen LogP contribution < -0.4 is 0 Å². The maximum Gasteiger partial charge on any atom is 0.306 e. The minimum atomic E-state index is -0.772. The van der Waals surface area contributed by atoms with E-state index in [1.807, 2.05) is 0 Å². The Labute approximate surface area is 411 Å². The largest absolute Gasteiger partial charge is 0.462 e. The Morgan fingerprint density at radius 3 is 0.803 bits per heavy atom. The summed E-state index contributed by atoms with van der Waals surface area (Å²) in [5, 5.41) is 0. The first-order valence-corrected chi connectivity index (χ1v) is 29.4. The first-order chi connectivity index (χ1) is 32.5. The second-order valence-electron chi connectivity index (χ2n) is 20.0. The van der Waals surface area contributed by atoms with Crippen molar-refractivity contribution in [2.24, 2.45) is 0 Å². The molecule has 6 nitrogen and oxygen atoms in total. The number of allylic oxidation sites excluding steroid dienone is 4. The Kier molecular flexibility index (Phi) is 53.7. The normalized spacial score (nSPS) is 12.1. The Morgan fingerprint density at radius 2 is 0.530 bits per heavy atom. The van der Waals surface area contributed by atoms with Gasteiger partial charge in [0.15, 0.2) is 6.10 Å². The van der Waals surface area contributed by atoms with Gasteiger partial charge in [-0.15, -0.1) is 0 Å². The van der Waals surface area contributed by atoms with E-state index < -0.39 is 6.10 Å². The van der Waals surface area contributed by atoms with E-state index in [0.29, 0.717) is 19.3 Å². The number of carbonyl (C=O) groups excluding carboxylic acids is 3. The number of hydrogen-bond acceptors (Lipinski definition) is 6. The van der Waals surface area contributed by atoms with E-state index in [1.54, 1.807) is 0 Å². The second-order valence-corrected chi connectivity index (χ2v) is 20.0. The predicted molar refractivity (Wildman–Crippen MR) is 284 cm³/mol. The van der Waals surface area contributed by atoms with Gasteiger partial charge in [0.25, 0.3) is 0 Å². The highest BCUT2D eigenvalue weighted by molar-refractivity contribution is 5.71. The van der Waals surface area contributed by atoms with E-state index in [0.717, 1.165) is 77.0 Å². The third-order valence-corrected chi connectivity index (χ3v) is 13.2. The molecule has 0 amide bonds. The zero-order valence-electron chi connectivity index (χ0n) is 44.5. The highest BCUT2D eigenvalue weighted by Crippen LogP contribution is 2.17. The Bertz CT molecular complexity index is 1070. The van der Waals surface area contributed by atoms with E-state index >= 15 is 0 Å². The molecule has 0 aromatic carbocycles. The summed E-state index contributed by atoms with van der Waals surface area (Å²) in [5.74, 6) is -0.864. The molecule has 0 fully saturated rings. The topological polar surface area (TPSA) is 78.9 Å². The van der Waals surface area contributed by atoms with Crippen LogP contribution in [0.4, 0.5) is 0 Å². The molecule has 6 heteroatoms. The van der Waals surface area contributed by atoms with Crippen LogP contribution in [0.2, 0.25) is 0 Å². The molecular weight excluding hydrogens is 817 g/mol. The fraction of sp³-hybridized carbons (Fsp3) is 0.883. The van der Waals surface area contributed by atoms with Crippen LogP contribution in [0.1, 0.15) is 323 Å². The van der Waals surface area contributed by atoms with Gasteiger partial charge in [-0.1, -0.05) is 283 Å². The van der Waals surface area contributed by atoms with Crippen molar-refractivity contribution in [2.75, 3.05) is 13.2 Å². The third-order valence-electron chi connectivity index (χ3n) is 13.2. The van der Waals surface area contributed by atoms with E-state index in [1.165, 1.54) is 205 Å². The number of rotatable bonds is 54. The van der Waals surface area contributed by atoms with Crippen molar-refractivity contribution in [3.8, 4) is 0 Å². The Morgan fingerprint density at radius 1 is 0.303 bits per heavy atom. The van der Waals surface area contributed by atoms with E-state index in [4.69, 9.17) is 14.2 Å². The highest BCUT2D eigenvalue weighted by Gasteiger charge is 2.19. The molecular formula is C60H112O6. The van der Waals surface area contributed by atoms with Crippen LogP contribution in [0.25, 0.3) is 0 Å². The molecule has 0 aromatic heterocycles. The lowest BCUT2D eigenvalue weighted by molar-refractivity contribution is -0.167. The summed E-state index contributed by atoms with van der Waals surface area (Å²) in [6.45, 7) is 6.67. The lowest BCUT2D eigenvalue weighted by Crippen LogP contribution is -2.30. The predicted octanol–water partition coefficient (Wildman–Crippen LogP) is 19.5. The van der Waals surface area contributed by atoms with Gasteiger partial charge in [-0.3, -0.25) is 14.4 Å². The third kappa shape index (κ3) is 52.9. The zero-order chi connectivity index (χ0) is 47.9. The molecule has 0 aliphatic carbocycles. The van der Waals surface area contributed by atoms with Gasteiger partial charge in [0.05, 0.1) is 0 Å². The van der Waals surface area contributed by atoms with Crippen LogP contribution >= 0.6 is 0 Å². The van der Waals surface area contributed by atoms with Gasteiger partial charge in [0.2, 0.25) is 0 Å². The molecule has 1 atom stereocenters. The van der Waals surface area contributed by atoms with Gasteiger partial charge in [0.1, 0.15) is 13.2 Å². The van der Waals surface area contributed by atoms with Crippen LogP contribution in [0.15, 0.2) is 24.3 Å². The molecule has 0 saturated heterocycles. The minimum absolute atomic E-state index is 0.0707. The summed E-state index contributed by atoms with van der Waals surface area (Å²) in [6.07, 6.45) is 64.5. The molecule has 1 unspecified atom stereocenters. The molecule has 0 rings (SSSR count). The summed E-state index contributed by atoms with van der Waals surface area (Å²) >= 11 is 0. The smallest absolute Gasteiger partial charge is 0.306 e. The van der Waals surface area contributed by atoms with E-state index in [9.17, 15) is 14.4 Å². The fourth-order valence-corrected chi connectivity index (χ4v) is 8.79. The highest BCUT2D eigenvalue weighted by atomic mass is 16.6. The molecule has 0 aliphatic heterocycles. The molecule has 0 bridgehead atoms. The van der Waals surface area contributed by atoms with Crippen LogP contribution in [0.3, 0.4) is 0 Å². The molecule has 0 radical (unpaired) electrons. The van der Waals surface area contributed by atoms with E-state index in [-0.39, 0.29) is 31.1 Å². The number of unbranched alkanes of at least 4 members (excludes halogenated alkanes) is 40. The standard InChI is InChI=1S/C60H112O6/c1-4-7-10-13-16-19-22-25-27-29-31-32-35-38-41-44-47-50-53-59(62)65-56-57(55-64-58(61)52-49-46-43-40-37-34-24-21-18-15-12-9-6-3)66-60(63)54-51-48-45-42-39-36-33-30-28-26-23-20-17-14-11-8-5-2/h27,29,31-32,57H,4-26,28,30,33-56H2,1-3H3/b29-27-,32-31-. The summed E-state index contributed by atoms with van der Waals surface area (Å²) in [7, 11) is 0. The summed E-state index contributed by atoms with van der Waals surface area (Å²) in [4.78, 5) is 38.1. The Balaban J connectivity index is 4.34. The fourth-order valence-electron chi connectivity index (χ4n) is 8.79. The van der Waals surface area contributed by atoms with Crippen molar-refractivity contribution in [3.05, 3.63) is 24.3 Å². The van der Waals surface area contributed by atoms with Crippen molar-refractivity contribution in [1.82, 2.24) is 0 Å². The summed E-state index contributed by atoms with van der Waals surface area (Å²) in [5.41, 5.74) is 0. The van der Waals surface area contributed by atoms with Crippen molar-refractivity contribution < 1.29 is 28.6 Å². The molecule has 0 spiro atoms. The number of carbonyl (C=O) groups is 3. The quantitative estimate of drug-likeness (QED) is 0.0262. The van der Waals surface area contributed by atoms with Crippen LogP contribution in [0, 0.1) is 0 Å².